The largest absolute Gasteiger partial charge is 0.367 e. The van der Waals surface area contributed by atoms with Gasteiger partial charge in [-0.15, -0.1) is 0 Å². The van der Waals surface area contributed by atoms with Crippen molar-refractivity contribution in [3.63, 3.8) is 0 Å². The number of rotatable bonds is 4. The molecule has 3 rings (SSSR count). The molecule has 2 N–H and O–H groups in total. The fraction of sp³-hybridized carbons (Fsp3) is 0.643. The summed E-state index contributed by atoms with van der Waals surface area (Å²) < 4.78 is 0. The minimum Gasteiger partial charge on any atom is -0.367 e. The van der Waals surface area contributed by atoms with Crippen LogP contribution in [0.1, 0.15) is 54.8 Å². The van der Waals surface area contributed by atoms with E-state index in [4.69, 9.17) is 0 Å². The van der Waals surface area contributed by atoms with Crippen LogP contribution in [0.5, 0.6) is 0 Å². The molecule has 2 fully saturated rings. The van der Waals surface area contributed by atoms with Crippen molar-refractivity contribution >= 4 is 11.7 Å². The molecule has 0 spiro atoms. The predicted molar refractivity (Wildman–Crippen MR) is 73.1 cm³/mol. The molecule has 0 saturated heterocycles. The summed E-state index contributed by atoms with van der Waals surface area (Å²) in [6.07, 6.45) is 7.10. The smallest absolute Gasteiger partial charge is 0.270 e. The van der Waals surface area contributed by atoms with E-state index in [1.807, 2.05) is 6.92 Å². The van der Waals surface area contributed by atoms with Crippen molar-refractivity contribution in [2.45, 2.75) is 57.5 Å². The van der Waals surface area contributed by atoms with Gasteiger partial charge in [-0.1, -0.05) is 12.8 Å². The number of aromatic nitrogens is 2. The number of hydrogen-bond acceptors (Lipinski definition) is 4. The molecule has 5 nitrogen and oxygen atoms in total. The average Bonchev–Trinajstić information content (AvgIpc) is 3.03. The molecule has 0 atom stereocenters. The minimum absolute atomic E-state index is 0.0810. The van der Waals surface area contributed by atoms with Crippen LogP contribution in [-0.4, -0.2) is 28.0 Å². The topological polar surface area (TPSA) is 66.9 Å². The number of carbonyl (C=O) groups excluding carboxylic acids is 1. The molecule has 1 heterocycles. The van der Waals surface area contributed by atoms with E-state index >= 15 is 0 Å². The van der Waals surface area contributed by atoms with Gasteiger partial charge < -0.3 is 10.6 Å². The first-order valence-corrected chi connectivity index (χ1v) is 7.14. The van der Waals surface area contributed by atoms with Crippen LogP contribution in [0.2, 0.25) is 0 Å². The summed E-state index contributed by atoms with van der Waals surface area (Å²) in [4.78, 5) is 20.6. The molecule has 5 heteroatoms. The van der Waals surface area contributed by atoms with Crippen molar-refractivity contribution in [1.29, 1.82) is 0 Å². The molecule has 102 valence electrons. The second kappa shape index (κ2) is 5.15. The van der Waals surface area contributed by atoms with Crippen molar-refractivity contribution in [1.82, 2.24) is 15.3 Å². The predicted octanol–water partition coefficient (Wildman–Crippen LogP) is 2.03. The highest BCUT2D eigenvalue weighted by Gasteiger charge is 2.25. The fourth-order valence-corrected chi connectivity index (χ4v) is 2.52. The van der Waals surface area contributed by atoms with Crippen LogP contribution in [0.25, 0.3) is 0 Å². The Labute approximate surface area is 113 Å². The molecule has 0 aliphatic heterocycles. The molecular weight excluding hydrogens is 240 g/mol. The van der Waals surface area contributed by atoms with Crippen molar-refractivity contribution in [3.8, 4) is 0 Å². The van der Waals surface area contributed by atoms with Gasteiger partial charge in [0.1, 0.15) is 17.3 Å². The van der Waals surface area contributed by atoms with Gasteiger partial charge in [0.15, 0.2) is 0 Å². The Morgan fingerprint density at radius 2 is 1.89 bits per heavy atom. The molecule has 19 heavy (non-hydrogen) atoms. The third-order valence-electron chi connectivity index (χ3n) is 3.69. The summed E-state index contributed by atoms with van der Waals surface area (Å²) in [6.45, 7) is 1.83. The maximum absolute atomic E-state index is 12.0. The van der Waals surface area contributed by atoms with Crippen LogP contribution >= 0.6 is 0 Å². The number of nitrogens with one attached hydrogen (secondary N) is 2. The van der Waals surface area contributed by atoms with Crippen LogP contribution in [0.15, 0.2) is 6.07 Å². The van der Waals surface area contributed by atoms with Gasteiger partial charge in [0.2, 0.25) is 0 Å². The molecular formula is C14H20N4O. The normalized spacial score (nSPS) is 19.4. The number of carbonyl (C=O) groups is 1. The van der Waals surface area contributed by atoms with Crippen LogP contribution in [0.4, 0.5) is 5.82 Å². The Bertz CT molecular complexity index is 478. The van der Waals surface area contributed by atoms with Gasteiger partial charge in [-0.05, 0) is 32.6 Å². The number of anilines is 1. The molecule has 1 amide bonds. The van der Waals surface area contributed by atoms with E-state index in [0.717, 1.165) is 18.7 Å². The van der Waals surface area contributed by atoms with Gasteiger partial charge in [-0.25, -0.2) is 9.97 Å². The van der Waals surface area contributed by atoms with Crippen LogP contribution in [-0.2, 0) is 0 Å². The molecule has 0 unspecified atom stereocenters. The highest BCUT2D eigenvalue weighted by Crippen LogP contribution is 2.22. The summed E-state index contributed by atoms with van der Waals surface area (Å²) in [5, 5.41) is 6.38. The Balaban J connectivity index is 1.72. The van der Waals surface area contributed by atoms with Gasteiger partial charge in [-0.3, -0.25) is 4.79 Å². The lowest BCUT2D eigenvalue weighted by molar-refractivity contribution is 0.0945. The molecule has 0 aromatic carbocycles. The van der Waals surface area contributed by atoms with Gasteiger partial charge in [-0.2, -0.15) is 0 Å². The van der Waals surface area contributed by atoms with Gasteiger partial charge in [0.25, 0.3) is 5.91 Å². The number of aryl methyl sites for hydroxylation is 1. The lowest BCUT2D eigenvalue weighted by Crippen LogP contribution is -2.27. The van der Waals surface area contributed by atoms with Gasteiger partial charge >= 0.3 is 0 Å². The standard InChI is InChI=1S/C14H20N4O/c1-9-15-12(14(19)18-11-6-7-11)8-13(16-9)17-10-4-2-3-5-10/h8,10-11H,2-7H2,1H3,(H,18,19)(H,15,16,17). The molecule has 2 saturated carbocycles. The van der Waals surface area contributed by atoms with E-state index in [-0.39, 0.29) is 5.91 Å². The summed E-state index contributed by atoms with van der Waals surface area (Å²) >= 11 is 0. The van der Waals surface area contributed by atoms with Crippen molar-refractivity contribution in [2.75, 3.05) is 5.32 Å². The van der Waals surface area contributed by atoms with E-state index in [1.165, 1.54) is 25.7 Å². The SMILES string of the molecule is Cc1nc(NC2CCCC2)cc(C(=O)NC2CC2)n1. The number of hydrogen-bond donors (Lipinski definition) is 2. The Morgan fingerprint density at radius 1 is 1.16 bits per heavy atom. The first-order chi connectivity index (χ1) is 9.20. The molecule has 2 aliphatic rings. The zero-order valence-electron chi connectivity index (χ0n) is 11.3. The van der Waals surface area contributed by atoms with Crippen LogP contribution in [0, 0.1) is 6.92 Å². The highest BCUT2D eigenvalue weighted by molar-refractivity contribution is 5.93. The Morgan fingerprint density at radius 3 is 2.58 bits per heavy atom. The summed E-state index contributed by atoms with van der Waals surface area (Å²) in [5.41, 5.74) is 0.472. The average molecular weight is 260 g/mol. The second-order valence-corrected chi connectivity index (χ2v) is 5.56. The quantitative estimate of drug-likeness (QED) is 0.869. The van der Waals surface area contributed by atoms with Crippen LogP contribution < -0.4 is 10.6 Å². The summed E-state index contributed by atoms with van der Waals surface area (Å²) in [5.74, 6) is 1.34. The Kier molecular flexibility index (Phi) is 3.36. The first-order valence-electron chi connectivity index (χ1n) is 7.14. The van der Waals surface area contributed by atoms with Gasteiger partial charge in [0.05, 0.1) is 0 Å². The third-order valence-corrected chi connectivity index (χ3v) is 3.69. The van der Waals surface area contributed by atoms with E-state index < -0.39 is 0 Å². The Hall–Kier alpha value is -1.65. The third kappa shape index (κ3) is 3.22. The zero-order valence-corrected chi connectivity index (χ0v) is 11.3. The van der Waals surface area contributed by atoms with Crippen LogP contribution in [0.3, 0.4) is 0 Å². The van der Waals surface area contributed by atoms with Crippen molar-refractivity contribution in [3.05, 3.63) is 17.6 Å². The monoisotopic (exact) mass is 260 g/mol. The van der Waals surface area contributed by atoms with E-state index in [2.05, 4.69) is 20.6 Å². The first kappa shape index (κ1) is 12.4. The number of nitrogens with zero attached hydrogens (tertiary/aromatic N) is 2. The molecule has 2 aliphatic carbocycles. The molecule has 0 bridgehead atoms. The molecule has 1 aromatic heterocycles. The fourth-order valence-electron chi connectivity index (χ4n) is 2.52. The molecule has 1 aromatic rings. The summed E-state index contributed by atoms with van der Waals surface area (Å²) in [6, 6.07) is 2.62. The van der Waals surface area contributed by atoms with E-state index in [9.17, 15) is 4.79 Å². The summed E-state index contributed by atoms with van der Waals surface area (Å²) in [7, 11) is 0. The maximum atomic E-state index is 12.0. The lowest BCUT2D eigenvalue weighted by Gasteiger charge is -2.13. The van der Waals surface area contributed by atoms with Crippen molar-refractivity contribution in [2.24, 2.45) is 0 Å². The second-order valence-electron chi connectivity index (χ2n) is 5.56. The zero-order chi connectivity index (χ0) is 13.2. The van der Waals surface area contributed by atoms with Crippen molar-refractivity contribution < 1.29 is 4.79 Å². The van der Waals surface area contributed by atoms with E-state index in [1.54, 1.807) is 6.07 Å². The lowest BCUT2D eigenvalue weighted by atomic mass is 10.2. The maximum Gasteiger partial charge on any atom is 0.270 e. The number of amides is 1. The van der Waals surface area contributed by atoms with Gasteiger partial charge in [0, 0.05) is 18.2 Å². The highest BCUT2D eigenvalue weighted by atomic mass is 16.2. The van der Waals surface area contributed by atoms with E-state index in [0.29, 0.717) is 23.6 Å². The minimum atomic E-state index is -0.0810. The molecule has 0 radical (unpaired) electrons.